The zero-order valence-corrected chi connectivity index (χ0v) is 25.1. The lowest BCUT2D eigenvalue weighted by Crippen LogP contribution is -2.11. The first-order valence-electron chi connectivity index (χ1n) is 14.5. The summed E-state index contributed by atoms with van der Waals surface area (Å²) in [6.45, 7) is 6.30. The Hall–Kier alpha value is -5.40. The van der Waals surface area contributed by atoms with Crippen molar-refractivity contribution in [2.75, 3.05) is 5.32 Å². The molecule has 2 heterocycles. The van der Waals surface area contributed by atoms with Gasteiger partial charge in [-0.2, -0.15) is 0 Å². The largest absolute Gasteiger partial charge is 0.355 e. The maximum absolute atomic E-state index is 4.28. The van der Waals surface area contributed by atoms with E-state index in [1.807, 2.05) is 73.7 Å². The number of benzene rings is 5. The second-order valence-electron chi connectivity index (χ2n) is 10.0. The third-order valence-electron chi connectivity index (χ3n) is 7.16. The van der Waals surface area contributed by atoms with Gasteiger partial charge < -0.3 is 5.32 Å². The Balaban J connectivity index is 0.000000155. The van der Waals surface area contributed by atoms with Crippen molar-refractivity contribution in [2.45, 2.75) is 33.1 Å². The van der Waals surface area contributed by atoms with Gasteiger partial charge in [0.1, 0.15) is 5.82 Å². The molecule has 0 bridgehead atoms. The summed E-state index contributed by atoms with van der Waals surface area (Å²) in [5, 5.41) is 12.0. The van der Waals surface area contributed by atoms with Crippen LogP contribution in [0.25, 0.3) is 17.1 Å². The van der Waals surface area contributed by atoms with Crippen LogP contribution in [0.3, 0.4) is 0 Å². The van der Waals surface area contributed by atoms with Crippen LogP contribution in [0.4, 0.5) is 11.4 Å². The highest BCUT2D eigenvalue weighted by atomic mass is 15.3. The van der Waals surface area contributed by atoms with Crippen molar-refractivity contribution in [3.8, 4) is 29.9 Å². The number of rotatable bonds is 3. The Kier molecular flexibility index (Phi) is 11.1. The van der Waals surface area contributed by atoms with Gasteiger partial charge in [0.2, 0.25) is 0 Å². The molecule has 214 valence electrons. The van der Waals surface area contributed by atoms with Crippen LogP contribution in [0.1, 0.15) is 41.8 Å². The topological polar surface area (TPSA) is 42.7 Å². The predicted molar refractivity (Wildman–Crippen MR) is 181 cm³/mol. The van der Waals surface area contributed by atoms with Crippen molar-refractivity contribution >= 4 is 11.4 Å². The second-order valence-corrected chi connectivity index (χ2v) is 10.0. The maximum atomic E-state index is 4.28. The lowest BCUT2D eigenvalue weighted by molar-refractivity contribution is 0.773. The highest BCUT2D eigenvalue weighted by Gasteiger charge is 2.22. The smallest absolute Gasteiger partial charge is 0.168 e. The number of aryl methyl sites for hydroxylation is 2. The third kappa shape index (κ3) is 7.67. The Bertz CT molecular complexity index is 1660. The van der Waals surface area contributed by atoms with Gasteiger partial charge in [0, 0.05) is 28.5 Å². The normalized spacial score (nSPS) is 11.0. The molecule has 1 aromatic heterocycles. The SMILES string of the molecule is C#C.CCC1c2ccccc2Nc2ccccc21.Cc1ccccc1.Cc1nnc(-c2ccccc2)n1-c1ccccc1. The monoisotopic (exact) mass is 562 g/mol. The van der Waals surface area contributed by atoms with Gasteiger partial charge in [-0.25, -0.2) is 0 Å². The van der Waals surface area contributed by atoms with Gasteiger partial charge in [-0.15, -0.1) is 23.0 Å². The van der Waals surface area contributed by atoms with E-state index in [4.69, 9.17) is 0 Å². The number of anilines is 2. The van der Waals surface area contributed by atoms with Crippen LogP contribution in [0.5, 0.6) is 0 Å². The van der Waals surface area contributed by atoms with Gasteiger partial charge in [0.05, 0.1) is 0 Å². The molecule has 0 fully saturated rings. The lowest BCUT2D eigenvalue weighted by atomic mass is 9.84. The number of fused-ring (bicyclic) bond motifs is 2. The fourth-order valence-corrected chi connectivity index (χ4v) is 5.14. The van der Waals surface area contributed by atoms with Crippen LogP contribution in [0, 0.1) is 26.7 Å². The molecule has 0 aliphatic carbocycles. The molecule has 1 N–H and O–H groups in total. The van der Waals surface area contributed by atoms with Gasteiger partial charge in [-0.1, -0.05) is 128 Å². The zero-order valence-electron chi connectivity index (χ0n) is 25.1. The van der Waals surface area contributed by atoms with Crippen molar-refractivity contribution in [3.05, 3.63) is 162 Å². The molecule has 5 aromatic carbocycles. The Morgan fingerprint density at radius 2 is 1.07 bits per heavy atom. The van der Waals surface area contributed by atoms with E-state index in [2.05, 4.69) is 120 Å². The summed E-state index contributed by atoms with van der Waals surface area (Å²) in [5.74, 6) is 2.30. The minimum absolute atomic E-state index is 0.536. The van der Waals surface area contributed by atoms with Gasteiger partial charge in [0.25, 0.3) is 0 Å². The zero-order chi connectivity index (χ0) is 30.4. The molecule has 4 nitrogen and oxygen atoms in total. The van der Waals surface area contributed by atoms with Crippen LogP contribution in [-0.4, -0.2) is 14.8 Å². The van der Waals surface area contributed by atoms with Gasteiger partial charge >= 0.3 is 0 Å². The maximum Gasteiger partial charge on any atom is 0.168 e. The standard InChI is InChI=1S/C15H13N3.C15H15N.C7H8.C2H2/c1-12-16-17-15(13-8-4-2-5-9-13)18(12)14-10-6-3-7-11-14;1-2-11-12-7-3-5-9-14(12)16-15-10-6-4-8-13(11)15;1-7-5-3-2-4-6-7;1-2/h2-11H,1H3;3-11,16H,2H2,1H3;2-6H,1H3;1-2H. The molecule has 1 aliphatic rings. The lowest BCUT2D eigenvalue weighted by Gasteiger charge is -2.28. The van der Waals surface area contributed by atoms with Crippen LogP contribution >= 0.6 is 0 Å². The first-order chi connectivity index (χ1) is 21.2. The quantitative estimate of drug-likeness (QED) is 0.218. The molecule has 0 saturated heterocycles. The summed E-state index contributed by atoms with van der Waals surface area (Å²) in [6, 6.07) is 47.7. The third-order valence-corrected chi connectivity index (χ3v) is 7.16. The Labute approximate surface area is 256 Å². The fraction of sp³-hybridized carbons (Fsp3) is 0.128. The Morgan fingerprint density at radius 3 is 1.56 bits per heavy atom. The summed E-state index contributed by atoms with van der Waals surface area (Å²) in [4.78, 5) is 0. The molecule has 1 aliphatic heterocycles. The molecule has 7 rings (SSSR count). The fourth-order valence-electron chi connectivity index (χ4n) is 5.14. The highest BCUT2D eigenvalue weighted by Crippen LogP contribution is 2.42. The van der Waals surface area contributed by atoms with Crippen LogP contribution in [-0.2, 0) is 0 Å². The van der Waals surface area contributed by atoms with Gasteiger partial charge in [-0.3, -0.25) is 4.57 Å². The van der Waals surface area contributed by atoms with Crippen molar-refractivity contribution in [3.63, 3.8) is 0 Å². The second kappa shape index (κ2) is 15.6. The number of hydrogen-bond donors (Lipinski definition) is 1. The molecular formula is C39H38N4. The van der Waals surface area contributed by atoms with Crippen LogP contribution in [0.15, 0.2) is 140 Å². The first kappa shape index (κ1) is 30.6. The molecule has 0 unspecified atom stereocenters. The van der Waals surface area contributed by atoms with E-state index in [1.165, 1.54) is 28.1 Å². The minimum Gasteiger partial charge on any atom is -0.355 e. The molecule has 4 heteroatoms. The van der Waals surface area contributed by atoms with Gasteiger partial charge in [0.15, 0.2) is 5.82 Å². The summed E-state index contributed by atoms with van der Waals surface area (Å²) >= 11 is 0. The van der Waals surface area contributed by atoms with E-state index < -0.39 is 0 Å². The average molecular weight is 563 g/mol. The number of terminal acetylenes is 1. The summed E-state index contributed by atoms with van der Waals surface area (Å²) in [7, 11) is 0. The van der Waals surface area contributed by atoms with Gasteiger partial charge in [-0.05, 0) is 55.7 Å². The van der Waals surface area contributed by atoms with Crippen molar-refractivity contribution in [1.82, 2.24) is 14.8 Å². The summed E-state index contributed by atoms with van der Waals surface area (Å²) in [6.07, 6.45) is 9.15. The summed E-state index contributed by atoms with van der Waals surface area (Å²) in [5.41, 5.74) is 8.83. The number of nitrogens with zero attached hydrogens (tertiary/aromatic N) is 3. The van der Waals surface area contributed by atoms with Crippen LogP contribution < -0.4 is 5.32 Å². The molecule has 0 amide bonds. The van der Waals surface area contributed by atoms with Crippen molar-refractivity contribution in [2.24, 2.45) is 0 Å². The number of hydrogen-bond acceptors (Lipinski definition) is 3. The molecule has 0 saturated carbocycles. The van der Waals surface area contributed by atoms with E-state index >= 15 is 0 Å². The minimum atomic E-state index is 0.536. The van der Waals surface area contributed by atoms with E-state index in [9.17, 15) is 0 Å². The molecule has 6 aromatic rings. The van der Waals surface area contributed by atoms with E-state index in [0.29, 0.717) is 5.92 Å². The molecule has 43 heavy (non-hydrogen) atoms. The molecule has 0 radical (unpaired) electrons. The number of para-hydroxylation sites is 3. The highest BCUT2D eigenvalue weighted by molar-refractivity contribution is 5.73. The average Bonchev–Trinajstić information content (AvgIpc) is 3.47. The first-order valence-corrected chi connectivity index (χ1v) is 14.5. The molecule has 0 spiro atoms. The Morgan fingerprint density at radius 1 is 0.605 bits per heavy atom. The number of aromatic nitrogens is 3. The predicted octanol–water partition coefficient (Wildman–Crippen LogP) is 9.77. The van der Waals surface area contributed by atoms with Crippen molar-refractivity contribution in [1.29, 1.82) is 0 Å². The van der Waals surface area contributed by atoms with E-state index in [0.717, 1.165) is 29.3 Å². The van der Waals surface area contributed by atoms with Crippen molar-refractivity contribution < 1.29 is 0 Å². The van der Waals surface area contributed by atoms with E-state index in [-0.39, 0.29) is 0 Å². The van der Waals surface area contributed by atoms with Crippen LogP contribution in [0.2, 0.25) is 0 Å². The number of nitrogens with one attached hydrogen (secondary N) is 1. The van der Waals surface area contributed by atoms with E-state index in [1.54, 1.807) is 0 Å². The molecular weight excluding hydrogens is 524 g/mol. The molecule has 0 atom stereocenters. The summed E-state index contributed by atoms with van der Waals surface area (Å²) < 4.78 is 2.06.